The number of benzene rings is 2. The van der Waals surface area contributed by atoms with Gasteiger partial charge in [0.1, 0.15) is 0 Å². The fourth-order valence-electron chi connectivity index (χ4n) is 2.76. The molecule has 0 fully saturated rings. The number of rotatable bonds is 5. The van der Waals surface area contributed by atoms with Gasteiger partial charge in [0.15, 0.2) is 0 Å². The van der Waals surface area contributed by atoms with Crippen molar-refractivity contribution in [3.63, 3.8) is 0 Å². The Hall–Kier alpha value is -2.83. The van der Waals surface area contributed by atoms with Crippen molar-refractivity contribution in [3.05, 3.63) is 66.0 Å². The first-order chi connectivity index (χ1) is 12.3. The van der Waals surface area contributed by atoms with Gasteiger partial charge in [0.05, 0.1) is 22.9 Å². The van der Waals surface area contributed by atoms with Crippen LogP contribution in [0, 0.1) is 0 Å². The van der Waals surface area contributed by atoms with Crippen molar-refractivity contribution in [2.24, 2.45) is 0 Å². The molecule has 136 valence electrons. The van der Waals surface area contributed by atoms with Crippen molar-refractivity contribution in [1.29, 1.82) is 0 Å². The van der Waals surface area contributed by atoms with E-state index in [0.717, 1.165) is 23.2 Å². The third kappa shape index (κ3) is 4.04. The van der Waals surface area contributed by atoms with Crippen molar-refractivity contribution in [2.45, 2.75) is 25.7 Å². The van der Waals surface area contributed by atoms with E-state index in [9.17, 15) is 18.0 Å². The SMILES string of the molecule is CN(Cc1ccc(C(F)(F)F)cc1)C(=O)CCn1cnc2ccccc21. The minimum Gasteiger partial charge on any atom is -0.341 e. The zero-order valence-corrected chi connectivity index (χ0v) is 14.2. The molecule has 3 rings (SSSR count). The molecule has 0 saturated heterocycles. The third-order valence-electron chi connectivity index (χ3n) is 4.22. The lowest BCUT2D eigenvalue weighted by atomic mass is 10.1. The molecule has 0 spiro atoms. The molecule has 0 aliphatic heterocycles. The summed E-state index contributed by atoms with van der Waals surface area (Å²) in [4.78, 5) is 18.1. The van der Waals surface area contributed by atoms with Crippen LogP contribution < -0.4 is 0 Å². The second kappa shape index (κ2) is 7.19. The Balaban J connectivity index is 1.58. The summed E-state index contributed by atoms with van der Waals surface area (Å²) in [6.45, 7) is 0.762. The van der Waals surface area contributed by atoms with Crippen molar-refractivity contribution >= 4 is 16.9 Å². The first-order valence-corrected chi connectivity index (χ1v) is 8.14. The van der Waals surface area contributed by atoms with Crippen LogP contribution in [0.1, 0.15) is 17.5 Å². The highest BCUT2D eigenvalue weighted by Crippen LogP contribution is 2.29. The van der Waals surface area contributed by atoms with E-state index in [2.05, 4.69) is 4.98 Å². The summed E-state index contributed by atoms with van der Waals surface area (Å²) in [7, 11) is 1.64. The van der Waals surface area contributed by atoms with Crippen molar-refractivity contribution in [3.8, 4) is 0 Å². The summed E-state index contributed by atoms with van der Waals surface area (Å²) in [6, 6.07) is 12.5. The number of amides is 1. The number of hydrogen-bond acceptors (Lipinski definition) is 2. The Kier molecular flexibility index (Phi) is 4.97. The van der Waals surface area contributed by atoms with Crippen LogP contribution in [0.2, 0.25) is 0 Å². The zero-order chi connectivity index (χ0) is 18.7. The highest BCUT2D eigenvalue weighted by Gasteiger charge is 2.29. The normalized spacial score (nSPS) is 11.7. The first kappa shape index (κ1) is 18.0. The number of halogens is 3. The number of para-hydroxylation sites is 2. The average molecular weight is 361 g/mol. The Bertz CT molecular complexity index is 900. The number of aromatic nitrogens is 2. The summed E-state index contributed by atoms with van der Waals surface area (Å²) < 4.78 is 39.7. The monoisotopic (exact) mass is 361 g/mol. The first-order valence-electron chi connectivity index (χ1n) is 8.14. The maximum Gasteiger partial charge on any atom is 0.416 e. The molecule has 2 aromatic carbocycles. The van der Waals surface area contributed by atoms with E-state index in [1.807, 2.05) is 28.8 Å². The lowest BCUT2D eigenvalue weighted by molar-refractivity contribution is -0.137. The van der Waals surface area contributed by atoms with Crippen LogP contribution >= 0.6 is 0 Å². The van der Waals surface area contributed by atoms with E-state index in [-0.39, 0.29) is 18.9 Å². The van der Waals surface area contributed by atoms with Crippen LogP contribution in [-0.4, -0.2) is 27.4 Å². The zero-order valence-electron chi connectivity index (χ0n) is 14.2. The van der Waals surface area contributed by atoms with Crippen LogP contribution in [0.3, 0.4) is 0 Å². The van der Waals surface area contributed by atoms with Gasteiger partial charge in [0.25, 0.3) is 0 Å². The van der Waals surface area contributed by atoms with E-state index in [0.29, 0.717) is 12.1 Å². The Labute approximate surface area is 148 Å². The number of fused-ring (bicyclic) bond motifs is 1. The molecule has 0 aliphatic carbocycles. The number of alkyl halides is 3. The summed E-state index contributed by atoms with van der Waals surface area (Å²) in [6.07, 6.45) is -2.36. The van der Waals surface area contributed by atoms with Gasteiger partial charge in [-0.25, -0.2) is 4.98 Å². The van der Waals surface area contributed by atoms with Gasteiger partial charge in [-0.05, 0) is 29.8 Å². The molecule has 1 amide bonds. The topological polar surface area (TPSA) is 38.1 Å². The average Bonchev–Trinajstić information content (AvgIpc) is 3.02. The molecule has 0 saturated carbocycles. The quantitative estimate of drug-likeness (QED) is 0.686. The van der Waals surface area contributed by atoms with Crippen molar-refractivity contribution < 1.29 is 18.0 Å². The van der Waals surface area contributed by atoms with Gasteiger partial charge in [-0.3, -0.25) is 4.79 Å². The maximum absolute atomic E-state index is 12.6. The molecule has 0 aliphatic rings. The van der Waals surface area contributed by atoms with Gasteiger partial charge in [-0.2, -0.15) is 13.2 Å². The Morgan fingerprint density at radius 1 is 1.12 bits per heavy atom. The van der Waals surface area contributed by atoms with Gasteiger partial charge in [-0.15, -0.1) is 0 Å². The van der Waals surface area contributed by atoms with E-state index in [1.54, 1.807) is 13.4 Å². The van der Waals surface area contributed by atoms with E-state index >= 15 is 0 Å². The predicted molar refractivity (Wildman–Crippen MR) is 92.3 cm³/mol. The van der Waals surface area contributed by atoms with Crippen LogP contribution in [0.4, 0.5) is 13.2 Å². The second-order valence-electron chi connectivity index (χ2n) is 6.12. The van der Waals surface area contributed by atoms with Gasteiger partial charge >= 0.3 is 6.18 Å². The molecule has 0 atom stereocenters. The largest absolute Gasteiger partial charge is 0.416 e. The number of imidazole rings is 1. The van der Waals surface area contributed by atoms with Crippen LogP contribution in [-0.2, 0) is 24.1 Å². The number of aryl methyl sites for hydroxylation is 1. The molecule has 0 bridgehead atoms. The fraction of sp³-hybridized carbons (Fsp3) is 0.263. The standard InChI is InChI=1S/C19H18F3N3O/c1-24(12-14-6-8-15(9-7-14)19(20,21)22)18(26)10-11-25-13-23-16-4-2-3-5-17(16)25/h2-9,13H,10-12H2,1H3. The minimum absolute atomic E-state index is 0.0809. The Morgan fingerprint density at radius 3 is 2.50 bits per heavy atom. The smallest absolute Gasteiger partial charge is 0.341 e. The fourth-order valence-corrected chi connectivity index (χ4v) is 2.76. The molecule has 0 radical (unpaired) electrons. The summed E-state index contributed by atoms with van der Waals surface area (Å²) in [5.74, 6) is -0.0809. The summed E-state index contributed by atoms with van der Waals surface area (Å²) in [5, 5.41) is 0. The number of carbonyl (C=O) groups excluding carboxylic acids is 1. The Morgan fingerprint density at radius 2 is 1.81 bits per heavy atom. The molecular weight excluding hydrogens is 343 g/mol. The minimum atomic E-state index is -4.35. The number of carbonyl (C=O) groups is 1. The molecule has 7 heteroatoms. The van der Waals surface area contributed by atoms with Gasteiger partial charge < -0.3 is 9.47 Å². The molecule has 1 heterocycles. The molecule has 4 nitrogen and oxygen atoms in total. The summed E-state index contributed by atoms with van der Waals surface area (Å²) >= 11 is 0. The maximum atomic E-state index is 12.6. The molecule has 1 aromatic heterocycles. The van der Waals surface area contributed by atoms with Crippen molar-refractivity contribution in [1.82, 2.24) is 14.5 Å². The van der Waals surface area contributed by atoms with E-state index < -0.39 is 11.7 Å². The lowest BCUT2D eigenvalue weighted by Crippen LogP contribution is -2.27. The van der Waals surface area contributed by atoms with Gasteiger partial charge in [0, 0.05) is 26.6 Å². The van der Waals surface area contributed by atoms with Crippen LogP contribution in [0.15, 0.2) is 54.9 Å². The van der Waals surface area contributed by atoms with E-state index in [4.69, 9.17) is 0 Å². The lowest BCUT2D eigenvalue weighted by Gasteiger charge is -2.18. The predicted octanol–water partition coefficient (Wildman–Crippen LogP) is 4.10. The van der Waals surface area contributed by atoms with E-state index in [1.165, 1.54) is 17.0 Å². The third-order valence-corrected chi connectivity index (χ3v) is 4.22. The molecule has 0 N–H and O–H groups in total. The highest BCUT2D eigenvalue weighted by atomic mass is 19.4. The van der Waals surface area contributed by atoms with Crippen molar-refractivity contribution in [2.75, 3.05) is 7.05 Å². The van der Waals surface area contributed by atoms with Crippen LogP contribution in [0.5, 0.6) is 0 Å². The van der Waals surface area contributed by atoms with Gasteiger partial charge in [-0.1, -0.05) is 24.3 Å². The summed E-state index contributed by atoms with van der Waals surface area (Å²) in [5.41, 5.74) is 1.80. The molecule has 0 unspecified atom stereocenters. The van der Waals surface area contributed by atoms with Gasteiger partial charge in [0.2, 0.25) is 5.91 Å². The number of hydrogen-bond donors (Lipinski definition) is 0. The number of nitrogens with zero attached hydrogens (tertiary/aromatic N) is 3. The van der Waals surface area contributed by atoms with Crippen LogP contribution in [0.25, 0.3) is 11.0 Å². The molecule has 3 aromatic rings. The molecule has 26 heavy (non-hydrogen) atoms. The highest BCUT2D eigenvalue weighted by molar-refractivity contribution is 5.77. The second-order valence-corrected chi connectivity index (χ2v) is 6.12. The molecular formula is C19H18F3N3O.